The highest BCUT2D eigenvalue weighted by molar-refractivity contribution is 5.82. The molecule has 5 heteroatoms. The average molecular weight is 278 g/mol. The Bertz CT molecular complexity index is 500. The van der Waals surface area contributed by atoms with Gasteiger partial charge in [0.15, 0.2) is 11.5 Å². The molecule has 2 rings (SSSR count). The Balaban J connectivity index is 2.08. The predicted octanol–water partition coefficient (Wildman–Crippen LogP) is 1.40. The summed E-state index contributed by atoms with van der Waals surface area (Å²) in [5.41, 5.74) is 6.12. The lowest BCUT2D eigenvalue weighted by Crippen LogP contribution is -2.42. The van der Waals surface area contributed by atoms with Crippen LogP contribution in [0.4, 0.5) is 0 Å². The van der Waals surface area contributed by atoms with Crippen LogP contribution in [-0.4, -0.2) is 37.6 Å². The first kappa shape index (κ1) is 14.7. The lowest BCUT2D eigenvalue weighted by molar-refractivity contribution is -0.139. The second-order valence-corrected chi connectivity index (χ2v) is 5.73. The molecule has 20 heavy (non-hydrogen) atoms. The maximum Gasteiger partial charge on any atom is 0.229 e. The van der Waals surface area contributed by atoms with Gasteiger partial charge < -0.3 is 20.1 Å². The minimum Gasteiger partial charge on any atom is -0.486 e. The zero-order chi connectivity index (χ0) is 14.8. The van der Waals surface area contributed by atoms with E-state index < -0.39 is 5.41 Å². The highest BCUT2D eigenvalue weighted by atomic mass is 16.6. The fourth-order valence-corrected chi connectivity index (χ4v) is 2.14. The third-order valence-corrected chi connectivity index (χ3v) is 3.46. The van der Waals surface area contributed by atoms with Crippen LogP contribution in [0.1, 0.15) is 19.4 Å². The van der Waals surface area contributed by atoms with Crippen molar-refractivity contribution in [3.8, 4) is 11.5 Å². The van der Waals surface area contributed by atoms with Crippen LogP contribution in [0.2, 0.25) is 0 Å². The maximum absolute atomic E-state index is 12.3. The topological polar surface area (TPSA) is 64.8 Å². The molecule has 0 atom stereocenters. The van der Waals surface area contributed by atoms with Gasteiger partial charge in [0.2, 0.25) is 5.91 Å². The van der Waals surface area contributed by atoms with Crippen molar-refractivity contribution < 1.29 is 14.3 Å². The van der Waals surface area contributed by atoms with Crippen molar-refractivity contribution in [3.05, 3.63) is 23.8 Å². The van der Waals surface area contributed by atoms with Gasteiger partial charge in [0, 0.05) is 20.1 Å². The molecule has 0 aromatic heterocycles. The van der Waals surface area contributed by atoms with E-state index in [0.717, 1.165) is 17.1 Å². The van der Waals surface area contributed by atoms with Gasteiger partial charge in [-0.2, -0.15) is 0 Å². The summed E-state index contributed by atoms with van der Waals surface area (Å²) < 4.78 is 11.0. The number of amides is 1. The third kappa shape index (κ3) is 3.04. The van der Waals surface area contributed by atoms with Gasteiger partial charge in [0.25, 0.3) is 0 Å². The number of benzene rings is 1. The molecule has 1 aromatic carbocycles. The maximum atomic E-state index is 12.3. The number of ether oxygens (including phenoxy) is 2. The summed E-state index contributed by atoms with van der Waals surface area (Å²) in [6.07, 6.45) is 0. The fraction of sp³-hybridized carbons (Fsp3) is 0.533. The van der Waals surface area contributed by atoms with Crippen LogP contribution in [0.25, 0.3) is 0 Å². The minimum atomic E-state index is -0.539. The van der Waals surface area contributed by atoms with E-state index in [4.69, 9.17) is 15.2 Å². The first-order chi connectivity index (χ1) is 9.44. The highest BCUT2D eigenvalue weighted by Crippen LogP contribution is 2.31. The second kappa shape index (κ2) is 5.71. The number of nitrogens with zero attached hydrogens (tertiary/aromatic N) is 1. The van der Waals surface area contributed by atoms with Crippen molar-refractivity contribution >= 4 is 5.91 Å². The summed E-state index contributed by atoms with van der Waals surface area (Å²) in [4.78, 5) is 14.0. The molecule has 0 fully saturated rings. The largest absolute Gasteiger partial charge is 0.486 e. The first-order valence-corrected chi connectivity index (χ1v) is 6.78. The van der Waals surface area contributed by atoms with E-state index in [1.165, 1.54) is 0 Å². The molecule has 1 aliphatic heterocycles. The summed E-state index contributed by atoms with van der Waals surface area (Å²) in [7, 11) is 1.79. The number of hydrogen-bond acceptors (Lipinski definition) is 4. The quantitative estimate of drug-likeness (QED) is 0.904. The van der Waals surface area contributed by atoms with Gasteiger partial charge in [-0.3, -0.25) is 4.79 Å². The molecule has 1 heterocycles. The molecule has 2 N–H and O–H groups in total. The lowest BCUT2D eigenvalue weighted by atomic mass is 9.92. The third-order valence-electron chi connectivity index (χ3n) is 3.46. The Morgan fingerprint density at radius 3 is 2.60 bits per heavy atom. The number of rotatable bonds is 4. The molecule has 0 spiro atoms. The summed E-state index contributed by atoms with van der Waals surface area (Å²) in [5, 5.41) is 0. The molecule has 0 saturated heterocycles. The van der Waals surface area contributed by atoms with Crippen LogP contribution >= 0.6 is 0 Å². The minimum absolute atomic E-state index is 0.0369. The normalized spacial score (nSPS) is 14.0. The molecule has 0 saturated carbocycles. The Hall–Kier alpha value is -1.75. The van der Waals surface area contributed by atoms with E-state index >= 15 is 0 Å². The molecular weight excluding hydrogens is 256 g/mol. The smallest absolute Gasteiger partial charge is 0.229 e. The molecule has 0 bridgehead atoms. The number of carbonyl (C=O) groups excluding carboxylic acids is 1. The van der Waals surface area contributed by atoms with Gasteiger partial charge in [-0.05, 0) is 31.5 Å². The average Bonchev–Trinajstić information content (AvgIpc) is 2.46. The van der Waals surface area contributed by atoms with Crippen molar-refractivity contribution in [1.82, 2.24) is 4.90 Å². The van der Waals surface area contributed by atoms with Gasteiger partial charge in [0.05, 0.1) is 5.41 Å². The van der Waals surface area contributed by atoms with E-state index in [-0.39, 0.29) is 5.91 Å². The Morgan fingerprint density at radius 1 is 1.30 bits per heavy atom. The SMILES string of the molecule is CN(Cc1ccc2c(c1)OCCO2)C(=O)C(C)(C)CN. The Kier molecular flexibility index (Phi) is 4.18. The summed E-state index contributed by atoms with van der Waals surface area (Å²) in [6.45, 7) is 5.71. The standard InChI is InChI=1S/C15H22N2O3/c1-15(2,10-16)14(18)17(3)9-11-4-5-12-13(8-11)20-7-6-19-12/h4-5,8H,6-7,9-10,16H2,1-3H3. The summed E-state index contributed by atoms with van der Waals surface area (Å²) in [5.74, 6) is 1.54. The zero-order valence-electron chi connectivity index (χ0n) is 12.3. The van der Waals surface area contributed by atoms with Gasteiger partial charge >= 0.3 is 0 Å². The molecule has 5 nitrogen and oxygen atoms in total. The molecule has 1 amide bonds. The monoisotopic (exact) mass is 278 g/mol. The molecular formula is C15H22N2O3. The van der Waals surface area contributed by atoms with E-state index in [2.05, 4.69) is 0 Å². The van der Waals surface area contributed by atoms with E-state index in [1.54, 1.807) is 11.9 Å². The van der Waals surface area contributed by atoms with Gasteiger partial charge in [0.1, 0.15) is 13.2 Å². The van der Waals surface area contributed by atoms with Crippen LogP contribution in [-0.2, 0) is 11.3 Å². The van der Waals surface area contributed by atoms with Crippen molar-refractivity contribution in [2.24, 2.45) is 11.1 Å². The number of fused-ring (bicyclic) bond motifs is 1. The van der Waals surface area contributed by atoms with Crippen LogP contribution in [0, 0.1) is 5.41 Å². The molecule has 0 aliphatic carbocycles. The van der Waals surface area contributed by atoms with E-state index in [1.807, 2.05) is 32.0 Å². The molecule has 1 aromatic rings. The first-order valence-electron chi connectivity index (χ1n) is 6.78. The number of carbonyl (C=O) groups is 1. The Labute approximate surface area is 119 Å². The predicted molar refractivity (Wildman–Crippen MR) is 76.7 cm³/mol. The van der Waals surface area contributed by atoms with Gasteiger partial charge in [-0.25, -0.2) is 0 Å². The molecule has 0 radical (unpaired) electrons. The molecule has 1 aliphatic rings. The van der Waals surface area contributed by atoms with Crippen LogP contribution in [0.3, 0.4) is 0 Å². The second-order valence-electron chi connectivity index (χ2n) is 5.73. The van der Waals surface area contributed by atoms with Crippen molar-refractivity contribution in [3.63, 3.8) is 0 Å². The van der Waals surface area contributed by atoms with Crippen molar-refractivity contribution in [2.75, 3.05) is 26.8 Å². The van der Waals surface area contributed by atoms with Crippen LogP contribution < -0.4 is 15.2 Å². The zero-order valence-corrected chi connectivity index (χ0v) is 12.3. The fourth-order valence-electron chi connectivity index (χ4n) is 2.14. The highest BCUT2D eigenvalue weighted by Gasteiger charge is 2.29. The number of nitrogens with two attached hydrogens (primary N) is 1. The molecule has 0 unspecified atom stereocenters. The van der Waals surface area contributed by atoms with Gasteiger partial charge in [-0.15, -0.1) is 0 Å². The Morgan fingerprint density at radius 2 is 1.95 bits per heavy atom. The van der Waals surface area contributed by atoms with Crippen molar-refractivity contribution in [2.45, 2.75) is 20.4 Å². The van der Waals surface area contributed by atoms with E-state index in [9.17, 15) is 4.79 Å². The summed E-state index contributed by atoms with van der Waals surface area (Å²) >= 11 is 0. The van der Waals surface area contributed by atoms with Crippen LogP contribution in [0.15, 0.2) is 18.2 Å². The number of hydrogen-bond donors (Lipinski definition) is 1. The van der Waals surface area contributed by atoms with Crippen LogP contribution in [0.5, 0.6) is 11.5 Å². The van der Waals surface area contributed by atoms with Gasteiger partial charge in [-0.1, -0.05) is 6.07 Å². The summed E-state index contributed by atoms with van der Waals surface area (Å²) in [6, 6.07) is 5.76. The lowest BCUT2D eigenvalue weighted by Gasteiger charge is -2.28. The molecule has 110 valence electrons. The van der Waals surface area contributed by atoms with E-state index in [0.29, 0.717) is 26.3 Å². The van der Waals surface area contributed by atoms with Crippen molar-refractivity contribution in [1.29, 1.82) is 0 Å².